The lowest BCUT2D eigenvalue weighted by Crippen LogP contribution is -2.37. The maximum absolute atomic E-state index is 12.3. The van der Waals surface area contributed by atoms with Crippen molar-refractivity contribution >= 4 is 40.8 Å². The number of esters is 1. The van der Waals surface area contributed by atoms with Gasteiger partial charge >= 0.3 is 11.7 Å². The molecule has 0 unspecified atom stereocenters. The Bertz CT molecular complexity index is 981. The van der Waals surface area contributed by atoms with Gasteiger partial charge in [0.2, 0.25) is 5.78 Å². The number of Topliss-reactive ketones (excluding diaryl/α,β-unsaturated/α-hetero) is 1. The van der Waals surface area contributed by atoms with Crippen LogP contribution in [0, 0.1) is 0 Å². The Balaban J connectivity index is 2.23. The molecule has 0 aliphatic rings. The highest BCUT2D eigenvalue weighted by Crippen LogP contribution is 2.21. The second kappa shape index (κ2) is 8.20. The molecule has 1 heterocycles. The average Bonchev–Trinajstić information content (AvgIpc) is 2.56. The van der Waals surface area contributed by atoms with E-state index in [1.165, 1.54) is 18.2 Å². The number of nitrogens with zero attached hydrogens (tertiary/aromatic N) is 1. The van der Waals surface area contributed by atoms with E-state index in [1.54, 1.807) is 6.92 Å². The molecule has 1 aromatic carbocycles. The third-order valence-electron chi connectivity index (χ3n) is 3.45. The number of ether oxygens (including phenoxy) is 1. The lowest BCUT2D eigenvalue weighted by molar-refractivity contribution is 0.0474. The second-order valence-electron chi connectivity index (χ2n) is 5.29. The smallest absolute Gasteiger partial charge is 0.340 e. The Hall–Kier alpha value is -2.58. The number of benzene rings is 1. The number of nitrogens with two attached hydrogens (primary N) is 1. The molecule has 26 heavy (non-hydrogen) atoms. The summed E-state index contributed by atoms with van der Waals surface area (Å²) in [4.78, 5) is 50.0. The summed E-state index contributed by atoms with van der Waals surface area (Å²) >= 11 is 11.6. The molecule has 2 rings (SSSR count). The fourth-order valence-electron chi connectivity index (χ4n) is 2.24. The molecule has 3 N–H and O–H groups in total. The summed E-state index contributed by atoms with van der Waals surface area (Å²) in [6.45, 7) is 1.29. The lowest BCUT2D eigenvalue weighted by atomic mass is 10.2. The normalized spacial score (nSPS) is 10.6. The molecule has 0 bridgehead atoms. The number of hydrogen-bond acceptors (Lipinski definition) is 6. The van der Waals surface area contributed by atoms with Crippen LogP contribution in [0.5, 0.6) is 0 Å². The highest BCUT2D eigenvalue weighted by molar-refractivity contribution is 6.36. The molecule has 138 valence electrons. The van der Waals surface area contributed by atoms with Gasteiger partial charge in [-0.25, -0.2) is 9.59 Å². The maximum atomic E-state index is 12.3. The summed E-state index contributed by atoms with van der Waals surface area (Å²) in [5.41, 5.74) is 3.70. The minimum atomic E-state index is -0.939. The van der Waals surface area contributed by atoms with Crippen LogP contribution in [0.15, 0.2) is 27.8 Å². The van der Waals surface area contributed by atoms with Crippen LogP contribution < -0.4 is 17.0 Å². The van der Waals surface area contributed by atoms with Gasteiger partial charge in [-0.15, -0.1) is 0 Å². The summed E-state index contributed by atoms with van der Waals surface area (Å²) in [7, 11) is 0. The minimum absolute atomic E-state index is 0.0155. The van der Waals surface area contributed by atoms with Gasteiger partial charge in [-0.1, -0.05) is 30.1 Å². The zero-order valence-electron chi connectivity index (χ0n) is 13.7. The van der Waals surface area contributed by atoms with Gasteiger partial charge in [0.25, 0.3) is 5.56 Å². The van der Waals surface area contributed by atoms with Gasteiger partial charge < -0.3 is 10.5 Å². The van der Waals surface area contributed by atoms with E-state index >= 15 is 0 Å². The molecular weight excluding hydrogens is 385 g/mol. The molecule has 0 amide bonds. The number of aromatic amines is 1. The van der Waals surface area contributed by atoms with Gasteiger partial charge in [-0.2, -0.15) is 0 Å². The number of aromatic nitrogens is 2. The first-order chi connectivity index (χ1) is 12.3. The molecule has 0 aliphatic carbocycles. The molecule has 0 radical (unpaired) electrons. The Morgan fingerprint density at radius 2 is 1.96 bits per heavy atom. The minimum Gasteiger partial charge on any atom is -0.454 e. The van der Waals surface area contributed by atoms with Crippen LogP contribution in [-0.4, -0.2) is 27.9 Å². The number of anilines is 1. The average molecular weight is 400 g/mol. The van der Waals surface area contributed by atoms with Crippen LogP contribution >= 0.6 is 23.2 Å². The number of ketones is 1. The number of carbonyl (C=O) groups is 2. The zero-order chi connectivity index (χ0) is 19.4. The van der Waals surface area contributed by atoms with Gasteiger partial charge in [0, 0.05) is 11.6 Å². The van der Waals surface area contributed by atoms with Gasteiger partial charge in [-0.3, -0.25) is 19.1 Å². The van der Waals surface area contributed by atoms with E-state index < -0.39 is 35.2 Å². The third kappa shape index (κ3) is 4.14. The predicted molar refractivity (Wildman–Crippen MR) is 97.1 cm³/mol. The van der Waals surface area contributed by atoms with Crippen molar-refractivity contribution in [3.8, 4) is 0 Å². The van der Waals surface area contributed by atoms with Crippen molar-refractivity contribution < 1.29 is 14.3 Å². The van der Waals surface area contributed by atoms with Crippen LogP contribution in [0.1, 0.15) is 34.1 Å². The number of carbonyl (C=O) groups excluding carboxylic acids is 2. The molecule has 0 aliphatic heterocycles. The van der Waals surface area contributed by atoms with E-state index in [0.717, 1.165) is 4.57 Å². The molecule has 2 aromatic rings. The van der Waals surface area contributed by atoms with E-state index in [1.807, 2.05) is 4.98 Å². The Labute approximate surface area is 157 Å². The van der Waals surface area contributed by atoms with Crippen molar-refractivity contribution in [1.29, 1.82) is 0 Å². The number of nitrogens with one attached hydrogen (secondary N) is 1. The molecular formula is C16H15Cl2N3O5. The topological polar surface area (TPSA) is 124 Å². The van der Waals surface area contributed by atoms with Gasteiger partial charge in [0.05, 0.1) is 10.6 Å². The summed E-state index contributed by atoms with van der Waals surface area (Å²) < 4.78 is 5.97. The lowest BCUT2D eigenvalue weighted by Gasteiger charge is -2.11. The van der Waals surface area contributed by atoms with E-state index in [4.69, 9.17) is 33.7 Å². The maximum Gasteiger partial charge on any atom is 0.340 e. The van der Waals surface area contributed by atoms with Crippen molar-refractivity contribution in [2.45, 2.75) is 19.9 Å². The van der Waals surface area contributed by atoms with Crippen molar-refractivity contribution in [1.82, 2.24) is 9.55 Å². The van der Waals surface area contributed by atoms with Crippen molar-refractivity contribution in [3.05, 3.63) is 60.2 Å². The molecule has 0 saturated carbocycles. The number of rotatable bonds is 6. The molecule has 1 aromatic heterocycles. The van der Waals surface area contributed by atoms with E-state index in [9.17, 15) is 19.2 Å². The third-order valence-corrected chi connectivity index (χ3v) is 4.00. The monoisotopic (exact) mass is 399 g/mol. The highest BCUT2D eigenvalue weighted by Gasteiger charge is 2.21. The fraction of sp³-hybridized carbons (Fsp3) is 0.250. The second-order valence-corrected chi connectivity index (χ2v) is 6.14. The largest absolute Gasteiger partial charge is 0.454 e. The zero-order valence-corrected chi connectivity index (χ0v) is 15.2. The van der Waals surface area contributed by atoms with Crippen LogP contribution in [0.4, 0.5) is 5.82 Å². The van der Waals surface area contributed by atoms with Crippen LogP contribution in [0.2, 0.25) is 10.0 Å². The summed E-state index contributed by atoms with van der Waals surface area (Å²) in [6, 6.07) is 4.14. The fourth-order valence-corrected chi connectivity index (χ4v) is 2.72. The molecule has 0 spiro atoms. The van der Waals surface area contributed by atoms with E-state index in [-0.39, 0.29) is 22.9 Å². The Kier molecular flexibility index (Phi) is 6.23. The van der Waals surface area contributed by atoms with Crippen LogP contribution in [0.25, 0.3) is 0 Å². The molecule has 0 saturated heterocycles. The highest BCUT2D eigenvalue weighted by atomic mass is 35.5. The summed E-state index contributed by atoms with van der Waals surface area (Å²) in [5.74, 6) is -1.98. The number of H-pyrrole nitrogens is 1. The van der Waals surface area contributed by atoms with Crippen LogP contribution in [0.3, 0.4) is 0 Å². The Morgan fingerprint density at radius 1 is 1.27 bits per heavy atom. The first kappa shape index (κ1) is 19.7. The number of halogens is 2. The van der Waals surface area contributed by atoms with Crippen molar-refractivity contribution in [3.63, 3.8) is 0 Å². The van der Waals surface area contributed by atoms with Gasteiger partial charge in [-0.05, 0) is 24.6 Å². The van der Waals surface area contributed by atoms with Crippen molar-refractivity contribution in [2.75, 3.05) is 12.3 Å². The summed E-state index contributed by atoms with van der Waals surface area (Å²) in [6.07, 6.45) is 0.563. The molecule has 0 atom stereocenters. The summed E-state index contributed by atoms with van der Waals surface area (Å²) in [5, 5.41) is 0.393. The predicted octanol–water partition coefficient (Wildman–Crippen LogP) is 1.88. The van der Waals surface area contributed by atoms with Gasteiger partial charge in [0.15, 0.2) is 6.61 Å². The van der Waals surface area contributed by atoms with Crippen LogP contribution in [-0.2, 0) is 11.3 Å². The van der Waals surface area contributed by atoms with Crippen molar-refractivity contribution in [2.24, 2.45) is 0 Å². The van der Waals surface area contributed by atoms with E-state index in [2.05, 4.69) is 0 Å². The van der Waals surface area contributed by atoms with Gasteiger partial charge in [0.1, 0.15) is 11.4 Å². The number of hydrogen-bond donors (Lipinski definition) is 2. The molecule has 0 fully saturated rings. The standard InChI is InChI=1S/C16H15Cl2N3O5/c1-2-5-21-13(19)12(14(23)20-16(21)25)11(22)7-26-15(24)9-4-3-8(17)6-10(9)18/h3-4,6H,2,5,7,19H2,1H3,(H,20,23,25). The first-order valence-corrected chi connectivity index (χ1v) is 8.29. The molecule has 10 heteroatoms. The first-order valence-electron chi connectivity index (χ1n) is 7.54. The molecule has 8 nitrogen and oxygen atoms in total. The quantitative estimate of drug-likeness (QED) is 0.564. The number of nitrogen functional groups attached to an aromatic ring is 1. The SMILES string of the molecule is CCCn1c(N)c(C(=O)COC(=O)c2ccc(Cl)cc2Cl)c(=O)[nH]c1=O. The van der Waals surface area contributed by atoms with E-state index in [0.29, 0.717) is 11.4 Å². The Morgan fingerprint density at radius 3 is 2.58 bits per heavy atom.